The van der Waals surface area contributed by atoms with Gasteiger partial charge in [-0.3, -0.25) is 15.3 Å². The van der Waals surface area contributed by atoms with E-state index in [1.165, 1.54) is 11.1 Å². The van der Waals surface area contributed by atoms with Crippen LogP contribution in [0, 0.1) is 0 Å². The predicted octanol–water partition coefficient (Wildman–Crippen LogP) is 3.27. The number of anilines is 1. The first kappa shape index (κ1) is 20.4. The van der Waals surface area contributed by atoms with E-state index in [0.717, 1.165) is 49.7 Å². The van der Waals surface area contributed by atoms with Crippen LogP contribution >= 0.6 is 0 Å². The number of ether oxygens (including phenoxy) is 2. The van der Waals surface area contributed by atoms with Crippen molar-refractivity contribution < 1.29 is 14.3 Å². The third-order valence-electron chi connectivity index (χ3n) is 5.89. The van der Waals surface area contributed by atoms with Crippen LogP contribution in [0.25, 0.3) is 0 Å². The van der Waals surface area contributed by atoms with Gasteiger partial charge in [0.2, 0.25) is 6.79 Å². The number of carbonyl (C=O) groups is 1. The summed E-state index contributed by atoms with van der Waals surface area (Å²) in [5, 5.41) is 10.2. The van der Waals surface area contributed by atoms with Crippen LogP contribution in [0.5, 0.6) is 11.5 Å². The lowest BCUT2D eigenvalue weighted by atomic mass is 10.1. The normalized spacial score (nSPS) is 15.7. The van der Waals surface area contributed by atoms with E-state index in [1.54, 1.807) is 0 Å². The Morgan fingerprint density at radius 3 is 2.59 bits per heavy atom. The van der Waals surface area contributed by atoms with Gasteiger partial charge in [-0.15, -0.1) is 0 Å². The van der Waals surface area contributed by atoms with Crippen molar-refractivity contribution in [1.29, 1.82) is 0 Å². The average molecular weight is 434 g/mol. The van der Waals surface area contributed by atoms with E-state index >= 15 is 0 Å². The fourth-order valence-electron chi connectivity index (χ4n) is 4.07. The molecule has 1 fully saturated rings. The summed E-state index contributed by atoms with van der Waals surface area (Å²) in [5.41, 5.74) is 3.41. The fraction of sp³-hybridized carbons (Fsp3) is 0.333. The van der Waals surface area contributed by atoms with Gasteiger partial charge in [-0.05, 0) is 36.1 Å². The Morgan fingerprint density at radius 2 is 1.75 bits per heavy atom. The number of amides is 2. The summed E-state index contributed by atoms with van der Waals surface area (Å²) in [5.74, 6) is 2.25. The highest BCUT2D eigenvalue weighted by atomic mass is 16.7. The molecular formula is C24H27N5O3. The number of nitrogens with zero attached hydrogens (tertiary/aromatic N) is 3. The molecule has 8 nitrogen and oxygen atoms in total. The number of hydrogen-bond acceptors (Lipinski definition) is 5. The van der Waals surface area contributed by atoms with Crippen LogP contribution in [0.1, 0.15) is 16.8 Å². The van der Waals surface area contributed by atoms with Gasteiger partial charge in [-0.25, -0.2) is 4.79 Å². The van der Waals surface area contributed by atoms with E-state index in [4.69, 9.17) is 9.47 Å². The quantitative estimate of drug-likeness (QED) is 0.624. The van der Waals surface area contributed by atoms with Gasteiger partial charge >= 0.3 is 6.03 Å². The molecule has 32 heavy (non-hydrogen) atoms. The zero-order chi connectivity index (χ0) is 21.8. The van der Waals surface area contributed by atoms with Crippen LogP contribution in [0.4, 0.5) is 10.6 Å². The molecule has 2 aliphatic heterocycles. The molecule has 3 heterocycles. The summed E-state index contributed by atoms with van der Waals surface area (Å²) in [6.45, 7) is 4.14. The van der Waals surface area contributed by atoms with Gasteiger partial charge in [0.15, 0.2) is 11.5 Å². The van der Waals surface area contributed by atoms with Crippen LogP contribution in [-0.4, -0.2) is 59.0 Å². The Labute approximate surface area is 187 Å². The highest BCUT2D eigenvalue weighted by Gasteiger charge is 2.22. The van der Waals surface area contributed by atoms with Crippen molar-refractivity contribution in [1.82, 2.24) is 20.0 Å². The highest BCUT2D eigenvalue weighted by Crippen LogP contribution is 2.32. The van der Waals surface area contributed by atoms with E-state index in [2.05, 4.69) is 38.6 Å². The minimum atomic E-state index is -0.0917. The molecule has 1 saturated heterocycles. The number of fused-ring (bicyclic) bond motifs is 1. The number of hydrogen-bond donors (Lipinski definition) is 2. The number of aryl methyl sites for hydroxylation is 2. The van der Waals surface area contributed by atoms with Crippen LogP contribution in [0.15, 0.2) is 54.6 Å². The third-order valence-corrected chi connectivity index (χ3v) is 5.89. The SMILES string of the molecule is O=C(Nc1cc(CCc2ccccc2)n[nH]1)N1CCN(Cc2ccc3c(c2)OCO3)CC1. The Morgan fingerprint density at radius 1 is 0.938 bits per heavy atom. The molecule has 2 amide bonds. The third kappa shape index (κ3) is 4.86. The van der Waals surface area contributed by atoms with Crippen molar-refractivity contribution in [2.75, 3.05) is 38.3 Å². The molecule has 166 valence electrons. The first-order valence-corrected chi connectivity index (χ1v) is 11.0. The summed E-state index contributed by atoms with van der Waals surface area (Å²) in [6.07, 6.45) is 1.75. The smallest absolute Gasteiger partial charge is 0.323 e. The van der Waals surface area contributed by atoms with E-state index in [1.807, 2.05) is 41.3 Å². The molecule has 5 rings (SSSR count). The monoisotopic (exact) mass is 433 g/mol. The average Bonchev–Trinajstić information content (AvgIpc) is 3.48. The Hall–Kier alpha value is -3.52. The summed E-state index contributed by atoms with van der Waals surface area (Å²) in [6, 6.07) is 18.2. The maximum Gasteiger partial charge on any atom is 0.323 e. The lowest BCUT2D eigenvalue weighted by Gasteiger charge is -2.34. The summed E-state index contributed by atoms with van der Waals surface area (Å²) in [7, 11) is 0. The minimum Gasteiger partial charge on any atom is -0.454 e. The Balaban J connectivity index is 1.07. The number of piperazine rings is 1. The number of aromatic amines is 1. The number of benzene rings is 2. The second-order valence-corrected chi connectivity index (χ2v) is 8.14. The van der Waals surface area contributed by atoms with Gasteiger partial charge in [0.25, 0.3) is 0 Å². The number of carbonyl (C=O) groups excluding carboxylic acids is 1. The number of H-pyrrole nitrogens is 1. The van der Waals surface area contributed by atoms with Crippen LogP contribution in [-0.2, 0) is 19.4 Å². The van der Waals surface area contributed by atoms with Crippen molar-refractivity contribution in [3.63, 3.8) is 0 Å². The molecule has 0 unspecified atom stereocenters. The molecule has 3 aromatic rings. The molecule has 1 aromatic heterocycles. The van der Waals surface area contributed by atoms with Crippen molar-refractivity contribution in [2.24, 2.45) is 0 Å². The van der Waals surface area contributed by atoms with Gasteiger partial charge in [0.1, 0.15) is 5.82 Å². The Bertz CT molecular complexity index is 1060. The van der Waals surface area contributed by atoms with Gasteiger partial charge < -0.3 is 14.4 Å². The van der Waals surface area contributed by atoms with Gasteiger partial charge in [0, 0.05) is 38.8 Å². The molecule has 0 atom stereocenters. The van der Waals surface area contributed by atoms with E-state index in [0.29, 0.717) is 18.9 Å². The highest BCUT2D eigenvalue weighted by molar-refractivity contribution is 5.88. The van der Waals surface area contributed by atoms with E-state index in [9.17, 15) is 4.79 Å². The first-order valence-electron chi connectivity index (χ1n) is 11.0. The number of rotatable bonds is 6. The molecule has 8 heteroatoms. The van der Waals surface area contributed by atoms with Crippen LogP contribution in [0.3, 0.4) is 0 Å². The topological polar surface area (TPSA) is 82.7 Å². The largest absolute Gasteiger partial charge is 0.454 e. The molecule has 0 aliphatic carbocycles. The molecule has 2 aromatic carbocycles. The van der Waals surface area contributed by atoms with Crippen molar-refractivity contribution >= 4 is 11.8 Å². The molecule has 0 bridgehead atoms. The van der Waals surface area contributed by atoms with Gasteiger partial charge in [-0.2, -0.15) is 5.10 Å². The second kappa shape index (κ2) is 9.32. The number of nitrogens with one attached hydrogen (secondary N) is 2. The maximum atomic E-state index is 12.7. The van der Waals surface area contributed by atoms with Crippen molar-refractivity contribution in [3.8, 4) is 11.5 Å². The van der Waals surface area contributed by atoms with Crippen LogP contribution < -0.4 is 14.8 Å². The van der Waals surface area contributed by atoms with Crippen molar-refractivity contribution in [3.05, 3.63) is 71.4 Å². The molecule has 2 N–H and O–H groups in total. The lowest BCUT2D eigenvalue weighted by molar-refractivity contribution is 0.143. The molecule has 2 aliphatic rings. The fourth-order valence-corrected chi connectivity index (χ4v) is 4.07. The van der Waals surface area contributed by atoms with Crippen LogP contribution in [0.2, 0.25) is 0 Å². The minimum absolute atomic E-state index is 0.0917. The van der Waals surface area contributed by atoms with Gasteiger partial charge in [-0.1, -0.05) is 36.4 Å². The zero-order valence-corrected chi connectivity index (χ0v) is 17.9. The molecular weight excluding hydrogens is 406 g/mol. The predicted molar refractivity (Wildman–Crippen MR) is 121 cm³/mol. The summed E-state index contributed by atoms with van der Waals surface area (Å²) >= 11 is 0. The van der Waals surface area contributed by atoms with Crippen molar-refractivity contribution in [2.45, 2.75) is 19.4 Å². The second-order valence-electron chi connectivity index (χ2n) is 8.14. The Kier molecular flexibility index (Phi) is 5.93. The first-order chi connectivity index (χ1) is 15.7. The number of aromatic nitrogens is 2. The molecule has 0 radical (unpaired) electrons. The molecule has 0 saturated carbocycles. The zero-order valence-electron chi connectivity index (χ0n) is 17.9. The maximum absolute atomic E-state index is 12.7. The van der Waals surface area contributed by atoms with E-state index < -0.39 is 0 Å². The van der Waals surface area contributed by atoms with Gasteiger partial charge in [0.05, 0.1) is 5.69 Å². The number of urea groups is 1. The lowest BCUT2D eigenvalue weighted by Crippen LogP contribution is -2.49. The molecule has 0 spiro atoms. The summed E-state index contributed by atoms with van der Waals surface area (Å²) < 4.78 is 10.8. The van der Waals surface area contributed by atoms with E-state index in [-0.39, 0.29) is 12.8 Å². The summed E-state index contributed by atoms with van der Waals surface area (Å²) in [4.78, 5) is 16.9. The standard InChI is InChI=1S/C24H27N5O3/c30-24(25-23-15-20(26-27-23)8-6-18-4-2-1-3-5-18)29-12-10-28(11-13-29)16-19-7-9-21-22(14-19)32-17-31-21/h1-5,7,9,14-15H,6,8,10-13,16-17H2,(H2,25,26,27,30).